The van der Waals surface area contributed by atoms with Gasteiger partial charge in [-0.25, -0.2) is 0 Å². The van der Waals surface area contributed by atoms with Crippen molar-refractivity contribution in [1.29, 1.82) is 0 Å². The lowest BCUT2D eigenvalue weighted by Gasteiger charge is -2.09. The van der Waals surface area contributed by atoms with Gasteiger partial charge in [-0.1, -0.05) is 0 Å². The van der Waals surface area contributed by atoms with Gasteiger partial charge < -0.3 is 30.3 Å². The molecular formula is C8H18O7. The van der Waals surface area contributed by atoms with E-state index < -0.39 is 18.2 Å². The van der Waals surface area contributed by atoms with Gasteiger partial charge in [0.25, 0.3) is 0 Å². The summed E-state index contributed by atoms with van der Waals surface area (Å²) in [6.45, 7) is -0.183. The summed E-state index contributed by atoms with van der Waals surface area (Å²) in [7, 11) is 0. The number of aliphatic hydroxyl groups is 5. The predicted octanol–water partition coefficient (Wildman–Crippen LogP) is -2.77. The Labute approximate surface area is 87.5 Å². The first kappa shape index (κ1) is 16.7. The van der Waals surface area contributed by atoms with Crippen LogP contribution in [0.4, 0.5) is 0 Å². The zero-order chi connectivity index (χ0) is 12.3. The van der Waals surface area contributed by atoms with Crippen molar-refractivity contribution in [3.63, 3.8) is 0 Å². The van der Waals surface area contributed by atoms with Crippen molar-refractivity contribution in [1.82, 2.24) is 0 Å². The van der Waals surface area contributed by atoms with Crippen LogP contribution in [0.15, 0.2) is 0 Å². The van der Waals surface area contributed by atoms with Gasteiger partial charge in [-0.05, 0) is 0 Å². The van der Waals surface area contributed by atoms with E-state index in [0.29, 0.717) is 0 Å². The molecule has 5 N–H and O–H groups in total. The molecule has 0 saturated heterocycles. The van der Waals surface area contributed by atoms with Gasteiger partial charge in [-0.3, -0.25) is 4.79 Å². The molecular weight excluding hydrogens is 208 g/mol. The fraction of sp³-hybridized carbons (Fsp3) is 0.875. The summed E-state index contributed by atoms with van der Waals surface area (Å²) >= 11 is 0. The average molecular weight is 226 g/mol. The van der Waals surface area contributed by atoms with Crippen molar-refractivity contribution in [2.75, 3.05) is 26.4 Å². The summed E-state index contributed by atoms with van der Waals surface area (Å²) in [6.07, 6.45) is -1.72. The van der Waals surface area contributed by atoms with E-state index >= 15 is 0 Å². The van der Waals surface area contributed by atoms with Gasteiger partial charge in [0, 0.05) is 6.92 Å². The third kappa shape index (κ3) is 13.3. The van der Waals surface area contributed by atoms with E-state index in [4.69, 9.17) is 25.5 Å². The first-order valence-electron chi connectivity index (χ1n) is 4.30. The molecule has 0 radical (unpaired) electrons. The van der Waals surface area contributed by atoms with Crippen molar-refractivity contribution in [2.45, 2.75) is 19.1 Å². The van der Waals surface area contributed by atoms with E-state index in [9.17, 15) is 4.79 Å². The molecule has 0 aliphatic carbocycles. The van der Waals surface area contributed by atoms with Crippen LogP contribution in [0.5, 0.6) is 0 Å². The number of carbonyl (C=O) groups is 1. The Morgan fingerprint density at radius 3 is 1.53 bits per heavy atom. The maximum absolute atomic E-state index is 10.1. The number of esters is 1. The van der Waals surface area contributed by atoms with Crippen molar-refractivity contribution >= 4 is 5.97 Å². The van der Waals surface area contributed by atoms with Gasteiger partial charge in [0.05, 0.1) is 26.4 Å². The van der Waals surface area contributed by atoms with Crippen molar-refractivity contribution in [3.05, 3.63) is 0 Å². The highest BCUT2D eigenvalue weighted by Gasteiger charge is 2.06. The number of hydrogen-bond acceptors (Lipinski definition) is 7. The Balaban J connectivity index is 0. The molecule has 15 heavy (non-hydrogen) atoms. The predicted molar refractivity (Wildman–Crippen MR) is 49.9 cm³/mol. The molecule has 92 valence electrons. The Morgan fingerprint density at radius 2 is 1.47 bits per heavy atom. The van der Waals surface area contributed by atoms with Crippen molar-refractivity contribution < 1.29 is 35.1 Å². The minimum atomic E-state index is -0.954. The van der Waals surface area contributed by atoms with Crippen LogP contribution >= 0.6 is 0 Å². The van der Waals surface area contributed by atoms with E-state index in [1.807, 2.05) is 0 Å². The molecule has 0 aromatic heterocycles. The topological polar surface area (TPSA) is 127 Å². The van der Waals surface area contributed by atoms with E-state index in [0.717, 1.165) is 0 Å². The minimum absolute atomic E-state index is 0.337. The number of hydrogen-bond donors (Lipinski definition) is 5. The standard InChI is InChI=1S/C5H10O4.C3H8O3/c1-4(8)9-5(2-6)3-7;4-1-3(6)2-5/h5-7H,2-3H2,1H3;3-6H,1-2H2. The van der Waals surface area contributed by atoms with Gasteiger partial charge in [0.1, 0.15) is 12.2 Å². The second-order valence-electron chi connectivity index (χ2n) is 2.62. The lowest BCUT2D eigenvalue weighted by molar-refractivity contribution is -0.150. The second kappa shape index (κ2) is 11.3. The molecule has 0 bridgehead atoms. The third-order valence-corrected chi connectivity index (χ3v) is 1.16. The summed E-state index contributed by atoms with van der Waals surface area (Å²) in [4.78, 5) is 10.1. The molecule has 0 aliphatic rings. The molecule has 0 atom stereocenters. The molecule has 0 aromatic rings. The molecule has 0 saturated carbocycles. The van der Waals surface area contributed by atoms with E-state index in [1.165, 1.54) is 6.92 Å². The Hall–Kier alpha value is -0.730. The minimum Gasteiger partial charge on any atom is -0.458 e. The van der Waals surface area contributed by atoms with Crippen LogP contribution in [0.3, 0.4) is 0 Å². The first-order chi connectivity index (χ1) is 7.01. The largest absolute Gasteiger partial charge is 0.458 e. The van der Waals surface area contributed by atoms with E-state index in [2.05, 4.69) is 4.74 Å². The van der Waals surface area contributed by atoms with Crippen LogP contribution in [-0.4, -0.2) is 70.1 Å². The summed E-state index contributed by atoms with van der Waals surface area (Å²) in [5.74, 6) is -0.497. The van der Waals surface area contributed by atoms with Crippen molar-refractivity contribution in [2.24, 2.45) is 0 Å². The average Bonchev–Trinajstić information content (AvgIpc) is 2.25. The molecule has 0 heterocycles. The zero-order valence-corrected chi connectivity index (χ0v) is 8.54. The maximum Gasteiger partial charge on any atom is 0.303 e. The highest BCUT2D eigenvalue weighted by atomic mass is 16.6. The van der Waals surface area contributed by atoms with Gasteiger partial charge in [0.2, 0.25) is 0 Å². The molecule has 7 nitrogen and oxygen atoms in total. The zero-order valence-electron chi connectivity index (χ0n) is 8.54. The number of ether oxygens (including phenoxy) is 1. The Kier molecular flexibility index (Phi) is 12.6. The molecule has 0 unspecified atom stereocenters. The Bertz CT molecular complexity index is 142. The lowest BCUT2D eigenvalue weighted by Crippen LogP contribution is -2.24. The lowest BCUT2D eigenvalue weighted by atomic mass is 10.4. The quantitative estimate of drug-likeness (QED) is 0.321. The molecule has 0 fully saturated rings. The summed E-state index contributed by atoms with van der Waals surface area (Å²) in [5, 5.41) is 40.7. The van der Waals surface area contributed by atoms with E-state index in [1.54, 1.807) is 0 Å². The maximum atomic E-state index is 10.1. The normalized spacial score (nSPS) is 9.87. The molecule has 0 amide bonds. The number of rotatable bonds is 5. The summed E-state index contributed by atoms with van der Waals surface area (Å²) in [5.41, 5.74) is 0. The fourth-order valence-corrected chi connectivity index (χ4v) is 0.425. The summed E-state index contributed by atoms with van der Waals surface area (Å²) in [6, 6.07) is 0. The molecule has 7 heteroatoms. The van der Waals surface area contributed by atoms with Crippen LogP contribution in [-0.2, 0) is 9.53 Å². The summed E-state index contributed by atoms with van der Waals surface area (Å²) < 4.78 is 4.41. The van der Waals surface area contributed by atoms with Gasteiger partial charge >= 0.3 is 5.97 Å². The highest BCUT2D eigenvalue weighted by Crippen LogP contribution is 1.88. The monoisotopic (exact) mass is 226 g/mol. The molecule has 0 aliphatic heterocycles. The number of carbonyl (C=O) groups excluding carboxylic acids is 1. The van der Waals surface area contributed by atoms with Crippen LogP contribution in [0.1, 0.15) is 6.92 Å². The third-order valence-electron chi connectivity index (χ3n) is 1.16. The van der Waals surface area contributed by atoms with Crippen molar-refractivity contribution in [3.8, 4) is 0 Å². The first-order valence-corrected chi connectivity index (χ1v) is 4.30. The van der Waals surface area contributed by atoms with Crippen LogP contribution in [0, 0.1) is 0 Å². The molecule has 0 spiro atoms. The van der Waals surface area contributed by atoms with Crippen LogP contribution < -0.4 is 0 Å². The molecule has 0 rings (SSSR count). The van der Waals surface area contributed by atoms with Gasteiger partial charge in [0.15, 0.2) is 0 Å². The number of aliphatic hydroxyl groups excluding tert-OH is 5. The highest BCUT2D eigenvalue weighted by molar-refractivity contribution is 5.66. The van der Waals surface area contributed by atoms with Crippen LogP contribution in [0.25, 0.3) is 0 Å². The Morgan fingerprint density at radius 1 is 1.07 bits per heavy atom. The molecule has 0 aromatic carbocycles. The van der Waals surface area contributed by atoms with Gasteiger partial charge in [-0.15, -0.1) is 0 Å². The second-order valence-corrected chi connectivity index (χ2v) is 2.62. The van der Waals surface area contributed by atoms with Gasteiger partial charge in [-0.2, -0.15) is 0 Å². The van der Waals surface area contributed by atoms with E-state index in [-0.39, 0.29) is 26.4 Å². The van der Waals surface area contributed by atoms with Crippen LogP contribution in [0.2, 0.25) is 0 Å². The fourth-order valence-electron chi connectivity index (χ4n) is 0.425. The SMILES string of the molecule is CC(=O)OC(CO)CO.OCC(O)CO. The smallest absolute Gasteiger partial charge is 0.303 e.